The lowest BCUT2D eigenvalue weighted by Crippen LogP contribution is -2.27. The van der Waals surface area contributed by atoms with E-state index < -0.39 is 0 Å². The first-order valence-electron chi connectivity index (χ1n) is 5.71. The maximum atomic E-state index is 11.7. The van der Waals surface area contributed by atoms with Crippen LogP contribution in [0.1, 0.15) is 31.7 Å². The molecule has 3 N–H and O–H groups in total. The average Bonchev–Trinajstić information content (AvgIpc) is 2.24. The van der Waals surface area contributed by atoms with E-state index in [1.165, 1.54) is 0 Å². The molecule has 1 rings (SSSR count). The predicted molar refractivity (Wildman–Crippen MR) is 70.1 cm³/mol. The molecule has 0 aliphatic heterocycles. The Morgan fingerprint density at radius 2 is 2.35 bits per heavy atom. The number of aromatic nitrogens is 1. The Bertz CT molecular complexity index is 375. The second-order valence-electron chi connectivity index (χ2n) is 4.09. The lowest BCUT2D eigenvalue weighted by atomic mass is 10.1. The van der Waals surface area contributed by atoms with Gasteiger partial charge in [-0.15, -0.1) is 0 Å². The van der Waals surface area contributed by atoms with E-state index in [-0.39, 0.29) is 11.9 Å². The van der Waals surface area contributed by atoms with Gasteiger partial charge in [0.1, 0.15) is 0 Å². The molecule has 0 aliphatic rings. The average molecular weight is 256 g/mol. The highest BCUT2D eigenvalue weighted by molar-refractivity contribution is 6.32. The lowest BCUT2D eigenvalue weighted by Gasteiger charge is -2.12. The third kappa shape index (κ3) is 4.32. The standard InChI is InChI=1S/C12H18ClN3O/c1-3-4-9(14)7-10(17)16-11-8(2)5-6-15-12(11)13/h5-6,9H,3-4,7,14H2,1-2H3,(H,16,17). The van der Waals surface area contributed by atoms with Crippen molar-refractivity contribution in [2.75, 3.05) is 5.32 Å². The molecule has 1 heterocycles. The normalized spacial score (nSPS) is 12.2. The second-order valence-corrected chi connectivity index (χ2v) is 4.45. The number of nitrogens with two attached hydrogens (primary N) is 1. The van der Waals surface area contributed by atoms with E-state index in [1.54, 1.807) is 12.3 Å². The van der Waals surface area contributed by atoms with Gasteiger partial charge in [0.2, 0.25) is 5.91 Å². The van der Waals surface area contributed by atoms with Crippen molar-refractivity contribution in [2.24, 2.45) is 5.73 Å². The van der Waals surface area contributed by atoms with Gasteiger partial charge >= 0.3 is 0 Å². The Hall–Kier alpha value is -1.13. The summed E-state index contributed by atoms with van der Waals surface area (Å²) in [6.45, 7) is 3.91. The van der Waals surface area contributed by atoms with Crippen LogP contribution in [0.3, 0.4) is 0 Å². The number of halogens is 1. The van der Waals surface area contributed by atoms with Gasteiger partial charge < -0.3 is 11.1 Å². The summed E-state index contributed by atoms with van der Waals surface area (Å²) in [6, 6.07) is 1.70. The zero-order valence-corrected chi connectivity index (χ0v) is 10.9. The Morgan fingerprint density at radius 1 is 1.65 bits per heavy atom. The maximum Gasteiger partial charge on any atom is 0.226 e. The SMILES string of the molecule is CCCC(N)CC(=O)Nc1c(C)ccnc1Cl. The smallest absolute Gasteiger partial charge is 0.226 e. The first-order chi connectivity index (χ1) is 8.04. The van der Waals surface area contributed by atoms with Crippen LogP contribution in [0.5, 0.6) is 0 Å². The number of pyridine rings is 1. The molecule has 5 heteroatoms. The summed E-state index contributed by atoms with van der Waals surface area (Å²) >= 11 is 5.91. The van der Waals surface area contributed by atoms with Crippen molar-refractivity contribution in [2.45, 2.75) is 39.2 Å². The van der Waals surface area contributed by atoms with Crippen LogP contribution in [0.25, 0.3) is 0 Å². The van der Waals surface area contributed by atoms with Gasteiger partial charge in [0.05, 0.1) is 5.69 Å². The van der Waals surface area contributed by atoms with E-state index >= 15 is 0 Å². The number of amides is 1. The highest BCUT2D eigenvalue weighted by Gasteiger charge is 2.12. The molecule has 0 radical (unpaired) electrons. The van der Waals surface area contributed by atoms with Crippen molar-refractivity contribution in [3.63, 3.8) is 0 Å². The molecule has 1 aromatic rings. The molecule has 94 valence electrons. The van der Waals surface area contributed by atoms with Crippen LogP contribution in [-0.4, -0.2) is 16.9 Å². The molecule has 4 nitrogen and oxygen atoms in total. The third-order valence-corrected chi connectivity index (χ3v) is 2.77. The van der Waals surface area contributed by atoms with Crippen LogP contribution in [0.2, 0.25) is 5.15 Å². The van der Waals surface area contributed by atoms with Crippen LogP contribution in [0.15, 0.2) is 12.3 Å². The zero-order valence-electron chi connectivity index (χ0n) is 10.2. The van der Waals surface area contributed by atoms with Gasteiger partial charge in [0, 0.05) is 18.7 Å². The molecular formula is C12H18ClN3O. The fourth-order valence-corrected chi connectivity index (χ4v) is 1.83. The number of nitrogens with one attached hydrogen (secondary N) is 1. The monoisotopic (exact) mass is 255 g/mol. The number of nitrogens with zero attached hydrogens (tertiary/aromatic N) is 1. The highest BCUT2D eigenvalue weighted by atomic mass is 35.5. The number of hydrogen-bond donors (Lipinski definition) is 2. The van der Waals surface area contributed by atoms with Crippen molar-refractivity contribution in [3.05, 3.63) is 23.0 Å². The summed E-state index contributed by atoms with van der Waals surface area (Å²) in [7, 11) is 0. The first-order valence-corrected chi connectivity index (χ1v) is 6.09. The molecule has 0 aromatic carbocycles. The molecule has 1 atom stereocenters. The fraction of sp³-hybridized carbons (Fsp3) is 0.500. The first kappa shape index (κ1) is 13.9. The van der Waals surface area contributed by atoms with Crippen molar-refractivity contribution >= 4 is 23.2 Å². The molecule has 0 saturated heterocycles. The minimum absolute atomic E-state index is 0.101. The minimum atomic E-state index is -0.121. The molecule has 0 spiro atoms. The van der Waals surface area contributed by atoms with E-state index in [4.69, 9.17) is 17.3 Å². The summed E-state index contributed by atoms with van der Waals surface area (Å²) in [5.74, 6) is -0.121. The van der Waals surface area contributed by atoms with Crippen LogP contribution in [0.4, 0.5) is 5.69 Å². The maximum absolute atomic E-state index is 11.7. The van der Waals surface area contributed by atoms with Gasteiger partial charge in [-0.25, -0.2) is 4.98 Å². The van der Waals surface area contributed by atoms with Gasteiger partial charge in [0.15, 0.2) is 5.15 Å². The largest absolute Gasteiger partial charge is 0.327 e. The van der Waals surface area contributed by atoms with Crippen molar-refractivity contribution in [1.82, 2.24) is 4.98 Å². The predicted octanol–water partition coefficient (Wildman–Crippen LogP) is 2.50. The molecule has 0 saturated carbocycles. The summed E-state index contributed by atoms with van der Waals surface area (Å²) in [4.78, 5) is 15.7. The number of anilines is 1. The Labute approximate surface area is 107 Å². The molecular weight excluding hydrogens is 238 g/mol. The van der Waals surface area contributed by atoms with E-state index in [0.717, 1.165) is 18.4 Å². The molecule has 0 aliphatic carbocycles. The topological polar surface area (TPSA) is 68.0 Å². The van der Waals surface area contributed by atoms with Crippen LogP contribution < -0.4 is 11.1 Å². The zero-order chi connectivity index (χ0) is 12.8. The van der Waals surface area contributed by atoms with E-state index in [1.807, 2.05) is 13.8 Å². The molecule has 0 fully saturated rings. The van der Waals surface area contributed by atoms with Crippen molar-refractivity contribution in [1.29, 1.82) is 0 Å². The number of hydrogen-bond acceptors (Lipinski definition) is 3. The molecule has 17 heavy (non-hydrogen) atoms. The summed E-state index contributed by atoms with van der Waals surface area (Å²) in [6.07, 6.45) is 3.73. The Morgan fingerprint density at radius 3 is 2.94 bits per heavy atom. The number of rotatable bonds is 5. The van der Waals surface area contributed by atoms with Crippen LogP contribution in [-0.2, 0) is 4.79 Å². The van der Waals surface area contributed by atoms with Gasteiger partial charge in [-0.1, -0.05) is 24.9 Å². The number of carbonyl (C=O) groups excluding carboxylic acids is 1. The Kier molecular flexibility index (Phi) is 5.38. The summed E-state index contributed by atoms with van der Waals surface area (Å²) < 4.78 is 0. The van der Waals surface area contributed by atoms with E-state index in [9.17, 15) is 4.79 Å². The lowest BCUT2D eigenvalue weighted by molar-refractivity contribution is -0.116. The summed E-state index contributed by atoms with van der Waals surface area (Å²) in [5, 5.41) is 3.06. The quantitative estimate of drug-likeness (QED) is 0.795. The van der Waals surface area contributed by atoms with Gasteiger partial charge in [-0.05, 0) is 25.0 Å². The molecule has 0 bridgehead atoms. The second kappa shape index (κ2) is 6.57. The van der Waals surface area contributed by atoms with Crippen molar-refractivity contribution in [3.8, 4) is 0 Å². The van der Waals surface area contributed by atoms with E-state index in [0.29, 0.717) is 17.3 Å². The highest BCUT2D eigenvalue weighted by Crippen LogP contribution is 2.22. The minimum Gasteiger partial charge on any atom is -0.327 e. The van der Waals surface area contributed by atoms with Crippen LogP contribution >= 0.6 is 11.6 Å². The van der Waals surface area contributed by atoms with Gasteiger partial charge in [0.25, 0.3) is 0 Å². The number of aryl methyl sites for hydroxylation is 1. The van der Waals surface area contributed by atoms with E-state index in [2.05, 4.69) is 10.3 Å². The molecule has 1 amide bonds. The van der Waals surface area contributed by atoms with Gasteiger partial charge in [-0.3, -0.25) is 4.79 Å². The van der Waals surface area contributed by atoms with Crippen LogP contribution in [0, 0.1) is 6.92 Å². The van der Waals surface area contributed by atoms with Gasteiger partial charge in [-0.2, -0.15) is 0 Å². The number of carbonyl (C=O) groups is 1. The third-order valence-electron chi connectivity index (χ3n) is 2.48. The molecule has 1 aromatic heterocycles. The molecule has 1 unspecified atom stereocenters. The summed E-state index contributed by atoms with van der Waals surface area (Å²) in [5.41, 5.74) is 7.27. The fourth-order valence-electron chi connectivity index (χ4n) is 1.58. The Balaban J connectivity index is 2.62. The van der Waals surface area contributed by atoms with Crippen molar-refractivity contribution < 1.29 is 4.79 Å².